The number of ether oxygens (including phenoxy) is 1. The van der Waals surface area contributed by atoms with E-state index in [1.54, 1.807) is 61.5 Å². The molecule has 1 unspecified atom stereocenters. The van der Waals surface area contributed by atoms with Gasteiger partial charge in [-0.05, 0) is 31.2 Å². The van der Waals surface area contributed by atoms with Gasteiger partial charge >= 0.3 is 5.97 Å². The van der Waals surface area contributed by atoms with Gasteiger partial charge in [-0.3, -0.25) is 9.59 Å². The van der Waals surface area contributed by atoms with E-state index in [1.165, 1.54) is 0 Å². The van der Waals surface area contributed by atoms with Crippen LogP contribution in [-0.2, 0) is 9.53 Å². The van der Waals surface area contributed by atoms with Crippen LogP contribution >= 0.6 is 12.6 Å². The van der Waals surface area contributed by atoms with E-state index in [0.717, 1.165) is 0 Å². The Hall–Kier alpha value is -3.98. The summed E-state index contributed by atoms with van der Waals surface area (Å²) in [7, 11) is 0. The van der Waals surface area contributed by atoms with Crippen molar-refractivity contribution in [2.75, 3.05) is 12.4 Å². The van der Waals surface area contributed by atoms with Gasteiger partial charge < -0.3 is 15.8 Å². The fourth-order valence-electron chi connectivity index (χ4n) is 3.66. The lowest BCUT2D eigenvalue weighted by Gasteiger charge is -2.16. The topological polar surface area (TPSA) is 124 Å². The number of nitrogens with two attached hydrogens (primary N) is 1. The molecule has 0 saturated carbocycles. The molecule has 2 heterocycles. The maximum Gasteiger partial charge on any atom is 0.329 e. The van der Waals surface area contributed by atoms with Gasteiger partial charge in [-0.25, -0.2) is 14.8 Å². The standard InChI is InChI=1S/C25H22N4O4S/c1-2-33-25(32)22(13-34)29-24(31)17-12-21(28-19-10-6-4-8-15(17)19)20-11-16(23(26)30)14-7-3-5-9-18(14)27-20/h3-12,22,34H,2,13H2,1H3,(H2,26,30)(H,29,31). The summed E-state index contributed by atoms with van der Waals surface area (Å²) in [6, 6.07) is 16.5. The molecular weight excluding hydrogens is 452 g/mol. The van der Waals surface area contributed by atoms with Crippen LogP contribution in [0.2, 0.25) is 0 Å². The molecular formula is C25H22N4O4S. The number of nitrogens with one attached hydrogen (secondary N) is 1. The molecule has 4 rings (SSSR count). The first-order valence-corrected chi connectivity index (χ1v) is 11.2. The summed E-state index contributed by atoms with van der Waals surface area (Å²) in [5.41, 5.74) is 8.13. The predicted molar refractivity (Wildman–Crippen MR) is 133 cm³/mol. The van der Waals surface area contributed by atoms with Crippen molar-refractivity contribution in [2.24, 2.45) is 5.73 Å². The zero-order chi connectivity index (χ0) is 24.2. The Kier molecular flexibility index (Phi) is 6.74. The van der Waals surface area contributed by atoms with Crippen LogP contribution in [0, 0.1) is 0 Å². The highest BCUT2D eigenvalue weighted by Crippen LogP contribution is 2.27. The third kappa shape index (κ3) is 4.55. The summed E-state index contributed by atoms with van der Waals surface area (Å²) in [5, 5.41) is 3.91. The van der Waals surface area contributed by atoms with Crippen molar-refractivity contribution >= 4 is 52.2 Å². The second-order valence-corrected chi connectivity index (χ2v) is 7.83. The number of thiol groups is 1. The minimum atomic E-state index is -0.911. The fourth-order valence-corrected chi connectivity index (χ4v) is 3.90. The van der Waals surface area contributed by atoms with E-state index in [9.17, 15) is 14.4 Å². The summed E-state index contributed by atoms with van der Waals surface area (Å²) in [5.74, 6) is -1.56. The number of aromatic nitrogens is 2. The van der Waals surface area contributed by atoms with Crippen molar-refractivity contribution in [3.05, 3.63) is 71.8 Å². The van der Waals surface area contributed by atoms with Gasteiger partial charge in [0.2, 0.25) is 5.91 Å². The number of amides is 2. The molecule has 0 fully saturated rings. The normalized spacial score (nSPS) is 11.8. The quantitative estimate of drug-likeness (QED) is 0.279. The number of rotatable bonds is 7. The molecule has 0 radical (unpaired) electrons. The maximum atomic E-state index is 13.2. The van der Waals surface area contributed by atoms with E-state index in [2.05, 4.69) is 27.9 Å². The first-order chi connectivity index (χ1) is 16.4. The zero-order valence-electron chi connectivity index (χ0n) is 18.3. The van der Waals surface area contributed by atoms with Gasteiger partial charge in [0.05, 0.1) is 40.2 Å². The van der Waals surface area contributed by atoms with Gasteiger partial charge in [-0.2, -0.15) is 12.6 Å². The Labute approximate surface area is 200 Å². The van der Waals surface area contributed by atoms with Gasteiger partial charge in [0.25, 0.3) is 5.91 Å². The number of carbonyl (C=O) groups is 3. The summed E-state index contributed by atoms with van der Waals surface area (Å²) < 4.78 is 5.02. The fraction of sp³-hybridized carbons (Fsp3) is 0.160. The molecule has 3 N–H and O–H groups in total. The Morgan fingerprint density at radius 3 is 2.00 bits per heavy atom. The molecule has 0 bridgehead atoms. The second-order valence-electron chi connectivity index (χ2n) is 7.47. The van der Waals surface area contributed by atoms with E-state index < -0.39 is 23.8 Å². The molecule has 1 atom stereocenters. The SMILES string of the molecule is CCOC(=O)C(CS)NC(=O)c1cc(-c2cc(C(N)=O)c3ccccc3n2)nc2ccccc12. The predicted octanol–water partition coefficient (Wildman–Crippen LogP) is 3.14. The number of hydrogen-bond donors (Lipinski definition) is 3. The number of primary amides is 1. The van der Waals surface area contributed by atoms with E-state index in [0.29, 0.717) is 44.3 Å². The Balaban J connectivity index is 1.84. The van der Waals surface area contributed by atoms with Crippen molar-refractivity contribution in [2.45, 2.75) is 13.0 Å². The molecule has 9 heteroatoms. The number of esters is 1. The Bertz CT molecular complexity index is 1420. The van der Waals surface area contributed by atoms with Gasteiger partial charge in [0.1, 0.15) is 6.04 Å². The molecule has 8 nitrogen and oxygen atoms in total. The van der Waals surface area contributed by atoms with Gasteiger partial charge in [-0.15, -0.1) is 0 Å². The molecule has 0 aliphatic heterocycles. The van der Waals surface area contributed by atoms with E-state index in [1.807, 2.05) is 6.07 Å². The Morgan fingerprint density at radius 2 is 1.47 bits per heavy atom. The lowest BCUT2D eigenvalue weighted by atomic mass is 10.0. The molecule has 0 aliphatic carbocycles. The molecule has 2 aromatic heterocycles. The van der Waals surface area contributed by atoms with Crippen LogP contribution < -0.4 is 11.1 Å². The Morgan fingerprint density at radius 1 is 0.941 bits per heavy atom. The molecule has 172 valence electrons. The monoisotopic (exact) mass is 474 g/mol. The summed E-state index contributed by atoms with van der Waals surface area (Å²) in [4.78, 5) is 46.8. The zero-order valence-corrected chi connectivity index (χ0v) is 19.2. The van der Waals surface area contributed by atoms with Crippen LogP contribution in [-0.4, -0.2) is 46.2 Å². The summed E-state index contributed by atoms with van der Waals surface area (Å²) in [6.07, 6.45) is 0. The number of pyridine rings is 2. The molecule has 2 aromatic carbocycles. The number of para-hydroxylation sites is 2. The smallest absolute Gasteiger partial charge is 0.329 e. The van der Waals surface area contributed by atoms with Gasteiger partial charge in [0, 0.05) is 16.5 Å². The maximum absolute atomic E-state index is 13.2. The van der Waals surface area contributed by atoms with Crippen LogP contribution in [0.3, 0.4) is 0 Å². The third-order valence-electron chi connectivity index (χ3n) is 5.26. The van der Waals surface area contributed by atoms with Crippen LogP contribution in [0.15, 0.2) is 60.7 Å². The van der Waals surface area contributed by atoms with Crippen LogP contribution in [0.25, 0.3) is 33.2 Å². The first kappa shape index (κ1) is 23.2. The average molecular weight is 475 g/mol. The largest absolute Gasteiger partial charge is 0.464 e. The van der Waals surface area contributed by atoms with Crippen LogP contribution in [0.5, 0.6) is 0 Å². The number of nitrogens with zero attached hydrogens (tertiary/aromatic N) is 2. The molecule has 2 amide bonds. The van der Waals surface area contributed by atoms with Crippen LogP contribution in [0.4, 0.5) is 0 Å². The minimum absolute atomic E-state index is 0.0780. The van der Waals surface area contributed by atoms with Crippen molar-refractivity contribution in [1.82, 2.24) is 15.3 Å². The number of fused-ring (bicyclic) bond motifs is 2. The minimum Gasteiger partial charge on any atom is -0.464 e. The van der Waals surface area contributed by atoms with E-state index in [4.69, 9.17) is 10.5 Å². The average Bonchev–Trinajstić information content (AvgIpc) is 2.85. The number of carbonyl (C=O) groups excluding carboxylic acids is 3. The second kappa shape index (κ2) is 9.88. The lowest BCUT2D eigenvalue weighted by Crippen LogP contribution is -2.43. The number of hydrogen-bond acceptors (Lipinski definition) is 7. The molecule has 4 aromatic rings. The number of benzene rings is 2. The van der Waals surface area contributed by atoms with Crippen molar-refractivity contribution < 1.29 is 19.1 Å². The molecule has 0 aliphatic rings. The lowest BCUT2D eigenvalue weighted by molar-refractivity contribution is -0.144. The highest BCUT2D eigenvalue weighted by atomic mass is 32.1. The van der Waals surface area contributed by atoms with E-state index in [-0.39, 0.29) is 12.4 Å². The third-order valence-corrected chi connectivity index (χ3v) is 5.63. The summed E-state index contributed by atoms with van der Waals surface area (Å²) >= 11 is 4.17. The molecule has 0 saturated heterocycles. The molecule has 0 spiro atoms. The van der Waals surface area contributed by atoms with Crippen molar-refractivity contribution in [3.8, 4) is 11.4 Å². The highest BCUT2D eigenvalue weighted by Gasteiger charge is 2.23. The first-order valence-electron chi connectivity index (χ1n) is 10.6. The van der Waals surface area contributed by atoms with Gasteiger partial charge in [0.15, 0.2) is 0 Å². The van der Waals surface area contributed by atoms with Crippen molar-refractivity contribution in [3.63, 3.8) is 0 Å². The van der Waals surface area contributed by atoms with Gasteiger partial charge in [-0.1, -0.05) is 36.4 Å². The van der Waals surface area contributed by atoms with Crippen LogP contribution in [0.1, 0.15) is 27.6 Å². The van der Waals surface area contributed by atoms with E-state index >= 15 is 0 Å². The molecule has 34 heavy (non-hydrogen) atoms. The van der Waals surface area contributed by atoms with Crippen molar-refractivity contribution in [1.29, 1.82) is 0 Å². The highest BCUT2D eigenvalue weighted by molar-refractivity contribution is 7.80. The summed E-state index contributed by atoms with van der Waals surface area (Å²) in [6.45, 7) is 1.88.